The van der Waals surface area contributed by atoms with Crippen LogP contribution in [0.15, 0.2) is 370 Å². The number of rotatable bonds is 5. The summed E-state index contributed by atoms with van der Waals surface area (Å²) in [6, 6.07) is 127. The Hall–Kier alpha value is -13.9. The molecule has 5 nitrogen and oxygen atoms in total. The van der Waals surface area contributed by atoms with Crippen LogP contribution in [0.5, 0.6) is 0 Å². The first-order valence-corrected chi connectivity index (χ1v) is 35.4. The van der Waals surface area contributed by atoms with Gasteiger partial charge in [-0.2, -0.15) is 0 Å². The van der Waals surface area contributed by atoms with Crippen molar-refractivity contribution >= 4 is 151 Å². The fraction of sp³-hybridized carbons (Fsp3) is 0. The topological polar surface area (TPSA) is 64.5 Å². The average molecular weight is 1320 g/mol. The molecular formula is C99H61N5. The number of aromatic nitrogens is 5. The number of pyridine rings is 5. The molecule has 104 heavy (non-hydrogen) atoms. The Morgan fingerprint density at radius 3 is 0.827 bits per heavy atom. The van der Waals surface area contributed by atoms with Crippen LogP contribution in [0.25, 0.3) is 207 Å². The maximum atomic E-state index is 5.15. The van der Waals surface area contributed by atoms with Gasteiger partial charge in [-0.05, 0) is 147 Å². The summed E-state index contributed by atoms with van der Waals surface area (Å²) in [5.41, 5.74) is 13.4. The second-order valence-electron chi connectivity index (χ2n) is 26.9. The summed E-state index contributed by atoms with van der Waals surface area (Å²) in [7, 11) is 0. The van der Waals surface area contributed by atoms with Crippen LogP contribution < -0.4 is 0 Å². The van der Waals surface area contributed by atoms with Crippen molar-refractivity contribution in [1.29, 1.82) is 0 Å². The smallest absolute Gasteiger partial charge is 0.0803 e. The van der Waals surface area contributed by atoms with Gasteiger partial charge in [-0.15, -0.1) is 0 Å². The largest absolute Gasteiger partial charge is 0.256 e. The number of nitrogens with zero attached hydrogens (tertiary/aromatic N) is 5. The number of fused-ring (bicyclic) bond motifs is 22. The van der Waals surface area contributed by atoms with Crippen molar-refractivity contribution in [2.75, 3.05) is 0 Å². The molecule has 482 valence electrons. The maximum absolute atomic E-state index is 5.15. The van der Waals surface area contributed by atoms with Gasteiger partial charge in [-0.1, -0.05) is 297 Å². The van der Waals surface area contributed by atoms with Crippen molar-refractivity contribution in [3.05, 3.63) is 370 Å². The van der Waals surface area contributed by atoms with Crippen LogP contribution in [0, 0.1) is 0 Å². The zero-order chi connectivity index (χ0) is 68.6. The highest BCUT2D eigenvalue weighted by Gasteiger charge is 2.19. The molecule has 0 N–H and O–H groups in total. The third-order valence-electron chi connectivity index (χ3n) is 20.9. The molecule has 0 amide bonds. The normalized spacial score (nSPS) is 11.7. The van der Waals surface area contributed by atoms with E-state index in [2.05, 4.69) is 358 Å². The van der Waals surface area contributed by atoms with Crippen molar-refractivity contribution in [2.45, 2.75) is 0 Å². The van der Waals surface area contributed by atoms with Crippen LogP contribution in [0.2, 0.25) is 0 Å². The third kappa shape index (κ3) is 10.4. The minimum Gasteiger partial charge on any atom is -0.256 e. The van der Waals surface area contributed by atoms with Crippen LogP contribution in [0.3, 0.4) is 0 Å². The predicted octanol–water partition coefficient (Wildman–Crippen LogP) is 26.5. The van der Waals surface area contributed by atoms with Gasteiger partial charge in [-0.25, -0.2) is 15.0 Å². The fourth-order valence-electron chi connectivity index (χ4n) is 15.9. The Balaban J connectivity index is 0.000000104. The molecule has 22 aromatic rings. The van der Waals surface area contributed by atoms with Crippen LogP contribution >= 0.6 is 0 Å². The molecule has 5 heterocycles. The number of hydrogen-bond acceptors (Lipinski definition) is 5. The van der Waals surface area contributed by atoms with Gasteiger partial charge in [0.15, 0.2) is 0 Å². The van der Waals surface area contributed by atoms with Crippen molar-refractivity contribution in [3.63, 3.8) is 0 Å². The molecule has 0 aliphatic heterocycles. The second kappa shape index (κ2) is 25.1. The summed E-state index contributed by atoms with van der Waals surface area (Å²) < 4.78 is 0. The van der Waals surface area contributed by atoms with E-state index in [0.717, 1.165) is 83.6 Å². The highest BCUT2D eigenvalue weighted by Crippen LogP contribution is 2.42. The third-order valence-corrected chi connectivity index (χ3v) is 20.9. The second-order valence-corrected chi connectivity index (χ2v) is 26.9. The SMILES string of the molecule is c1ccc2c(c1)ccc1cc(-c3ccc(-c4nc5ccccc5c5c4ccc4ccccc45)cn3)ccc12.c1ccc2c(c1)ccc1cc(-c3nc4ccccc4c4c3ccc3ccccc34)ccc12.c1ccc2cc(-c3ccc(-c4nc5ccccc5c5c4ccc4ccccc45)cn3)ccc2c1. The summed E-state index contributed by atoms with van der Waals surface area (Å²) in [4.78, 5) is 25.1. The standard InChI is InChI=1S/C36H22N2.C32H20N2.C31H19N/c1-3-9-28-23(7-1)13-14-25-21-26(16-18-29(25)28)33-20-17-27(22-37-33)36-32-19-15-24-8-2-4-10-30(24)35(32)31-11-5-6-12-34(31)38-36;1-2-9-23-19-24(14-13-21(23)7-1)29-18-16-25(20-33-29)32-28-17-15-22-8-3-4-10-26(22)31(28)27-11-5-6-12-30(27)34-32;1-3-9-24-20(7-1)13-14-22-19-23(16-17-25(22)24)31-28-18-15-21-8-2-4-10-26(21)30(28)27-11-5-6-12-29(27)32-31/h1-22H;1-20H;1-19H. The Labute approximate surface area is 598 Å². The molecule has 5 aromatic heterocycles. The molecule has 0 aliphatic carbocycles. The lowest BCUT2D eigenvalue weighted by Gasteiger charge is -2.13. The summed E-state index contributed by atoms with van der Waals surface area (Å²) in [5.74, 6) is 0. The van der Waals surface area contributed by atoms with Crippen LogP contribution in [-0.2, 0) is 0 Å². The molecule has 0 unspecified atom stereocenters. The maximum Gasteiger partial charge on any atom is 0.0803 e. The Bertz CT molecular complexity index is 7180. The van der Waals surface area contributed by atoms with E-state index >= 15 is 0 Å². The molecule has 22 rings (SSSR count). The van der Waals surface area contributed by atoms with Gasteiger partial charge in [-0.3, -0.25) is 9.97 Å². The van der Waals surface area contributed by atoms with E-state index in [0.29, 0.717) is 0 Å². The Morgan fingerprint density at radius 1 is 0.154 bits per heavy atom. The van der Waals surface area contributed by atoms with Crippen LogP contribution in [-0.4, -0.2) is 24.9 Å². The van der Waals surface area contributed by atoms with Crippen LogP contribution in [0.4, 0.5) is 0 Å². The lowest BCUT2D eigenvalue weighted by molar-refractivity contribution is 1.31. The number of benzene rings is 17. The van der Waals surface area contributed by atoms with Gasteiger partial charge in [0.05, 0.1) is 45.0 Å². The van der Waals surface area contributed by atoms with Crippen LogP contribution in [0.1, 0.15) is 0 Å². The van der Waals surface area contributed by atoms with Crippen molar-refractivity contribution in [2.24, 2.45) is 0 Å². The molecule has 0 saturated carbocycles. The van der Waals surface area contributed by atoms with E-state index in [-0.39, 0.29) is 0 Å². The summed E-state index contributed by atoms with van der Waals surface area (Å²) in [6.45, 7) is 0. The summed E-state index contributed by atoms with van der Waals surface area (Å²) >= 11 is 0. The van der Waals surface area contributed by atoms with Crippen molar-refractivity contribution < 1.29 is 0 Å². The van der Waals surface area contributed by atoms with Gasteiger partial charge in [0.2, 0.25) is 0 Å². The lowest BCUT2D eigenvalue weighted by Crippen LogP contribution is -1.92. The zero-order valence-corrected chi connectivity index (χ0v) is 56.5. The fourth-order valence-corrected chi connectivity index (χ4v) is 15.9. The van der Waals surface area contributed by atoms with Gasteiger partial charge >= 0.3 is 0 Å². The average Bonchev–Trinajstić information content (AvgIpc) is 0.747. The molecule has 17 aromatic carbocycles. The van der Waals surface area contributed by atoms with Gasteiger partial charge in [0, 0.05) is 88.7 Å². The van der Waals surface area contributed by atoms with E-state index in [1.165, 1.54) is 124 Å². The van der Waals surface area contributed by atoms with E-state index in [4.69, 9.17) is 24.9 Å². The molecule has 5 heteroatoms. The molecule has 0 atom stereocenters. The van der Waals surface area contributed by atoms with Crippen molar-refractivity contribution in [3.8, 4) is 56.3 Å². The molecule has 0 bridgehead atoms. The minimum absolute atomic E-state index is 0.958. The highest BCUT2D eigenvalue weighted by molar-refractivity contribution is 6.25. The quantitative estimate of drug-likeness (QED) is 0.161. The molecule has 0 spiro atoms. The summed E-state index contributed by atoms with van der Waals surface area (Å²) in [6.07, 6.45) is 3.92. The molecular weight excluding hydrogens is 1260 g/mol. The summed E-state index contributed by atoms with van der Waals surface area (Å²) in [5, 5.41) is 30.9. The first-order valence-electron chi connectivity index (χ1n) is 35.4. The Morgan fingerprint density at radius 2 is 0.413 bits per heavy atom. The molecule has 0 radical (unpaired) electrons. The van der Waals surface area contributed by atoms with Gasteiger partial charge < -0.3 is 0 Å². The van der Waals surface area contributed by atoms with Gasteiger partial charge in [0.25, 0.3) is 0 Å². The van der Waals surface area contributed by atoms with E-state index in [9.17, 15) is 0 Å². The van der Waals surface area contributed by atoms with Gasteiger partial charge in [0.1, 0.15) is 0 Å². The number of hydrogen-bond donors (Lipinski definition) is 0. The minimum atomic E-state index is 0.958. The first kappa shape index (κ1) is 60.1. The highest BCUT2D eigenvalue weighted by atomic mass is 14.7. The van der Waals surface area contributed by atoms with E-state index in [1.54, 1.807) is 0 Å². The van der Waals surface area contributed by atoms with Crippen molar-refractivity contribution in [1.82, 2.24) is 24.9 Å². The monoisotopic (exact) mass is 1320 g/mol. The molecule has 0 aliphatic rings. The first-order chi connectivity index (χ1) is 51.5. The predicted molar refractivity (Wildman–Crippen MR) is 441 cm³/mol. The zero-order valence-electron chi connectivity index (χ0n) is 56.5. The number of para-hydroxylation sites is 3. The van der Waals surface area contributed by atoms with E-state index in [1.807, 2.05) is 12.4 Å². The molecule has 0 saturated heterocycles. The Kier molecular flexibility index (Phi) is 14.5. The molecule has 0 fully saturated rings. The van der Waals surface area contributed by atoms with E-state index < -0.39 is 0 Å². The lowest BCUT2D eigenvalue weighted by atomic mass is 9.94.